The zero-order valence-electron chi connectivity index (χ0n) is 5.06. The average molecular weight is 118 g/mol. The first-order valence-corrected chi connectivity index (χ1v) is 3.01. The van der Waals surface area contributed by atoms with E-state index in [1.165, 1.54) is 0 Å². The van der Waals surface area contributed by atoms with Crippen LogP contribution in [0.1, 0.15) is 19.3 Å². The maximum Gasteiger partial charge on any atom is 0.126 e. The van der Waals surface area contributed by atoms with Crippen molar-refractivity contribution >= 4 is 0 Å². The molecule has 1 rings (SSSR count). The summed E-state index contributed by atoms with van der Waals surface area (Å²) in [6, 6.07) is 0. The molecule has 1 aliphatic carbocycles. The highest BCUT2D eigenvalue weighted by Crippen LogP contribution is 2.23. The lowest BCUT2D eigenvalue weighted by atomic mass is 10.3. The van der Waals surface area contributed by atoms with Gasteiger partial charge in [0.2, 0.25) is 0 Å². The molecule has 0 aromatic carbocycles. The molecular formula is C6H11FO. The van der Waals surface area contributed by atoms with Gasteiger partial charge < -0.3 is 4.74 Å². The van der Waals surface area contributed by atoms with E-state index in [4.69, 9.17) is 4.74 Å². The van der Waals surface area contributed by atoms with Gasteiger partial charge >= 0.3 is 0 Å². The highest BCUT2D eigenvalue weighted by Gasteiger charge is 2.25. The van der Waals surface area contributed by atoms with Crippen LogP contribution in [-0.4, -0.2) is 19.4 Å². The molecule has 0 radical (unpaired) electrons. The monoisotopic (exact) mass is 118 g/mol. The van der Waals surface area contributed by atoms with Gasteiger partial charge in [-0.25, -0.2) is 4.39 Å². The molecule has 8 heavy (non-hydrogen) atoms. The summed E-state index contributed by atoms with van der Waals surface area (Å²) < 4.78 is 17.3. The van der Waals surface area contributed by atoms with Crippen molar-refractivity contribution in [3.63, 3.8) is 0 Å². The predicted molar refractivity (Wildman–Crippen MR) is 29.5 cm³/mol. The van der Waals surface area contributed by atoms with Gasteiger partial charge in [0.05, 0.1) is 6.10 Å². The zero-order valence-corrected chi connectivity index (χ0v) is 5.06. The first-order valence-electron chi connectivity index (χ1n) is 3.01. The van der Waals surface area contributed by atoms with Gasteiger partial charge in [-0.2, -0.15) is 0 Å². The summed E-state index contributed by atoms with van der Waals surface area (Å²) in [6.07, 6.45) is 1.78. The van der Waals surface area contributed by atoms with E-state index in [1.54, 1.807) is 7.11 Å². The molecular weight excluding hydrogens is 107 g/mol. The largest absolute Gasteiger partial charge is 0.378 e. The van der Waals surface area contributed by atoms with Gasteiger partial charge in [0, 0.05) is 7.11 Å². The quantitative estimate of drug-likeness (QED) is 0.507. The van der Waals surface area contributed by atoms with Gasteiger partial charge in [-0.1, -0.05) is 0 Å². The van der Waals surface area contributed by atoms with Crippen LogP contribution in [0.15, 0.2) is 0 Å². The smallest absolute Gasteiger partial charge is 0.126 e. The molecule has 1 nitrogen and oxygen atoms in total. The van der Waals surface area contributed by atoms with Crippen molar-refractivity contribution in [3.05, 3.63) is 0 Å². The summed E-state index contributed by atoms with van der Waals surface area (Å²) in [5, 5.41) is 0. The van der Waals surface area contributed by atoms with Gasteiger partial charge in [0.25, 0.3) is 0 Å². The molecule has 48 valence electrons. The number of hydrogen-bond acceptors (Lipinski definition) is 1. The summed E-state index contributed by atoms with van der Waals surface area (Å²) >= 11 is 0. The van der Waals surface area contributed by atoms with E-state index in [9.17, 15) is 4.39 Å². The van der Waals surface area contributed by atoms with E-state index in [0.717, 1.165) is 12.8 Å². The van der Waals surface area contributed by atoms with Crippen molar-refractivity contribution in [1.29, 1.82) is 0 Å². The standard InChI is InChI=1S/C6H11FO/c1-8-6-4-2-3-5(6)7/h5-6H,2-4H2,1H3. The van der Waals surface area contributed by atoms with Crippen LogP contribution in [0.2, 0.25) is 0 Å². The molecule has 2 unspecified atom stereocenters. The fourth-order valence-electron chi connectivity index (χ4n) is 1.15. The summed E-state index contributed by atoms with van der Waals surface area (Å²) in [7, 11) is 1.57. The Labute approximate surface area is 48.8 Å². The lowest BCUT2D eigenvalue weighted by Gasteiger charge is -2.08. The average Bonchev–Trinajstić information content (AvgIpc) is 2.14. The van der Waals surface area contributed by atoms with Crippen LogP contribution in [0.25, 0.3) is 0 Å². The first kappa shape index (κ1) is 6.02. The second kappa shape index (κ2) is 2.44. The second-order valence-electron chi connectivity index (χ2n) is 2.22. The summed E-state index contributed by atoms with van der Waals surface area (Å²) in [4.78, 5) is 0. The molecule has 0 bridgehead atoms. The Morgan fingerprint density at radius 3 is 2.50 bits per heavy atom. The normalized spacial score (nSPS) is 38.2. The Kier molecular flexibility index (Phi) is 1.84. The first-order chi connectivity index (χ1) is 3.84. The Bertz CT molecular complexity index is 74.9. The highest BCUT2D eigenvalue weighted by atomic mass is 19.1. The molecule has 0 spiro atoms. The number of halogens is 1. The molecule has 1 saturated carbocycles. The maximum atomic E-state index is 12.5. The van der Waals surface area contributed by atoms with Crippen LogP contribution in [0.3, 0.4) is 0 Å². The van der Waals surface area contributed by atoms with Crippen molar-refractivity contribution in [3.8, 4) is 0 Å². The molecule has 0 amide bonds. The Morgan fingerprint density at radius 2 is 2.25 bits per heavy atom. The van der Waals surface area contributed by atoms with Gasteiger partial charge in [0.15, 0.2) is 0 Å². The molecule has 0 aromatic rings. The third-order valence-corrected chi connectivity index (χ3v) is 1.67. The number of alkyl halides is 1. The van der Waals surface area contributed by atoms with Crippen LogP contribution < -0.4 is 0 Å². The summed E-state index contributed by atoms with van der Waals surface area (Å²) in [6.45, 7) is 0. The minimum Gasteiger partial charge on any atom is -0.378 e. The third-order valence-electron chi connectivity index (χ3n) is 1.67. The molecule has 0 aliphatic heterocycles. The van der Waals surface area contributed by atoms with Gasteiger partial charge in [-0.15, -0.1) is 0 Å². The van der Waals surface area contributed by atoms with Crippen LogP contribution in [0.5, 0.6) is 0 Å². The van der Waals surface area contributed by atoms with E-state index < -0.39 is 6.17 Å². The molecule has 0 saturated heterocycles. The van der Waals surface area contributed by atoms with E-state index in [1.807, 2.05) is 0 Å². The van der Waals surface area contributed by atoms with Gasteiger partial charge in [-0.3, -0.25) is 0 Å². The molecule has 0 N–H and O–H groups in total. The fourth-order valence-corrected chi connectivity index (χ4v) is 1.15. The van der Waals surface area contributed by atoms with Crippen LogP contribution in [-0.2, 0) is 4.74 Å². The lowest BCUT2D eigenvalue weighted by Crippen LogP contribution is -2.16. The van der Waals surface area contributed by atoms with Crippen LogP contribution in [0, 0.1) is 0 Å². The number of ether oxygens (including phenoxy) is 1. The van der Waals surface area contributed by atoms with Gasteiger partial charge in [-0.05, 0) is 19.3 Å². The SMILES string of the molecule is COC1CCCC1F. The van der Waals surface area contributed by atoms with Crippen molar-refractivity contribution in [1.82, 2.24) is 0 Å². The summed E-state index contributed by atoms with van der Waals surface area (Å²) in [5.41, 5.74) is 0. The maximum absolute atomic E-state index is 12.5. The van der Waals surface area contributed by atoms with Crippen molar-refractivity contribution in [2.24, 2.45) is 0 Å². The molecule has 1 fully saturated rings. The van der Waals surface area contributed by atoms with E-state index in [-0.39, 0.29) is 6.10 Å². The van der Waals surface area contributed by atoms with Crippen LogP contribution >= 0.6 is 0 Å². The molecule has 2 atom stereocenters. The Morgan fingerprint density at radius 1 is 1.50 bits per heavy atom. The number of rotatable bonds is 1. The Hall–Kier alpha value is -0.110. The molecule has 0 heterocycles. The summed E-state index contributed by atoms with van der Waals surface area (Å²) in [5.74, 6) is 0. The second-order valence-corrected chi connectivity index (χ2v) is 2.22. The third kappa shape index (κ3) is 0.996. The fraction of sp³-hybridized carbons (Fsp3) is 1.00. The van der Waals surface area contributed by atoms with E-state index in [2.05, 4.69) is 0 Å². The van der Waals surface area contributed by atoms with Crippen LogP contribution in [0.4, 0.5) is 4.39 Å². The molecule has 2 heteroatoms. The van der Waals surface area contributed by atoms with Crippen molar-refractivity contribution < 1.29 is 9.13 Å². The van der Waals surface area contributed by atoms with Gasteiger partial charge in [0.1, 0.15) is 6.17 Å². The lowest BCUT2D eigenvalue weighted by molar-refractivity contribution is 0.0528. The highest BCUT2D eigenvalue weighted by molar-refractivity contribution is 4.76. The number of methoxy groups -OCH3 is 1. The van der Waals surface area contributed by atoms with E-state index >= 15 is 0 Å². The van der Waals surface area contributed by atoms with E-state index in [0.29, 0.717) is 6.42 Å². The molecule has 1 aliphatic rings. The molecule has 0 aromatic heterocycles. The minimum atomic E-state index is -0.694. The van der Waals surface area contributed by atoms with Crippen molar-refractivity contribution in [2.75, 3.05) is 7.11 Å². The zero-order chi connectivity index (χ0) is 5.98. The Balaban J connectivity index is 2.30. The minimum absolute atomic E-state index is 0.102. The number of hydrogen-bond donors (Lipinski definition) is 0. The topological polar surface area (TPSA) is 9.23 Å². The van der Waals surface area contributed by atoms with Crippen molar-refractivity contribution in [2.45, 2.75) is 31.5 Å². The predicted octanol–water partition coefficient (Wildman–Crippen LogP) is 1.52.